The van der Waals surface area contributed by atoms with Gasteiger partial charge in [-0.15, -0.1) is 0 Å². The summed E-state index contributed by atoms with van der Waals surface area (Å²) in [7, 11) is 0. The zero-order valence-corrected chi connectivity index (χ0v) is 21.3. The lowest BCUT2D eigenvalue weighted by atomic mass is 10.2. The predicted octanol–water partition coefficient (Wildman–Crippen LogP) is 2.50. The Hall–Kier alpha value is -2.95. The number of anilines is 1. The first kappa shape index (κ1) is 26.1. The van der Waals surface area contributed by atoms with Crippen molar-refractivity contribution in [3.63, 3.8) is 0 Å². The molecule has 36 heavy (non-hydrogen) atoms. The summed E-state index contributed by atoms with van der Waals surface area (Å²) in [5.41, 5.74) is 8.13. The molecule has 10 nitrogen and oxygen atoms in total. The van der Waals surface area contributed by atoms with Gasteiger partial charge < -0.3 is 20.2 Å². The Morgan fingerprint density at radius 1 is 1.08 bits per heavy atom. The van der Waals surface area contributed by atoms with Crippen molar-refractivity contribution in [1.82, 2.24) is 29.3 Å². The molecule has 1 aliphatic heterocycles. The number of nitrogen functional groups attached to an aromatic ring is 1. The quantitative estimate of drug-likeness (QED) is 0.327. The number of aromatic amines is 1. The Morgan fingerprint density at radius 2 is 1.83 bits per heavy atom. The summed E-state index contributed by atoms with van der Waals surface area (Å²) in [6, 6.07) is 10.8. The lowest BCUT2D eigenvalue weighted by molar-refractivity contribution is 0.0359. The van der Waals surface area contributed by atoms with E-state index in [9.17, 15) is 4.79 Å². The molecular weight excluding hydrogens is 458 g/mol. The van der Waals surface area contributed by atoms with Gasteiger partial charge in [-0.1, -0.05) is 43.7 Å². The van der Waals surface area contributed by atoms with E-state index in [1.54, 1.807) is 4.57 Å². The maximum atomic E-state index is 12.7. The highest BCUT2D eigenvalue weighted by Crippen LogP contribution is 2.18. The highest BCUT2D eigenvalue weighted by Gasteiger charge is 2.16. The molecule has 4 rings (SSSR count). The number of benzene rings is 1. The number of nitrogens with two attached hydrogens (primary N) is 1. The van der Waals surface area contributed by atoms with Crippen LogP contribution in [0.2, 0.25) is 0 Å². The second-order valence-corrected chi connectivity index (χ2v) is 9.30. The first-order chi connectivity index (χ1) is 17.6. The molecule has 0 unspecified atom stereocenters. The molecule has 1 aromatic carbocycles. The Kier molecular flexibility index (Phi) is 9.71. The highest BCUT2D eigenvalue weighted by atomic mass is 16.5. The van der Waals surface area contributed by atoms with Gasteiger partial charge in [0.05, 0.1) is 19.8 Å². The molecule has 3 N–H and O–H groups in total. The third kappa shape index (κ3) is 7.28. The molecular formula is C26H39N7O3. The van der Waals surface area contributed by atoms with Gasteiger partial charge >= 0.3 is 11.7 Å². The zero-order chi connectivity index (χ0) is 25.2. The largest absolute Gasteiger partial charge is 0.463 e. The second kappa shape index (κ2) is 13.4. The third-order valence-corrected chi connectivity index (χ3v) is 6.52. The molecule has 1 saturated heterocycles. The number of unbranched alkanes of at least 4 members (excludes halogenated alkanes) is 1. The topological polar surface area (TPSA) is 115 Å². The Morgan fingerprint density at radius 3 is 2.58 bits per heavy atom. The number of fused-ring (bicyclic) bond motifs is 1. The van der Waals surface area contributed by atoms with Gasteiger partial charge in [0.1, 0.15) is 5.52 Å². The average Bonchev–Trinajstić information content (AvgIpc) is 3.21. The van der Waals surface area contributed by atoms with Crippen LogP contribution >= 0.6 is 0 Å². The monoisotopic (exact) mass is 497 g/mol. The minimum Gasteiger partial charge on any atom is -0.463 e. The lowest BCUT2D eigenvalue weighted by Gasteiger charge is -2.28. The molecule has 0 radical (unpaired) electrons. The molecule has 0 aliphatic carbocycles. The van der Waals surface area contributed by atoms with Gasteiger partial charge in [-0.25, -0.2) is 4.79 Å². The first-order valence-electron chi connectivity index (χ1n) is 13.1. The van der Waals surface area contributed by atoms with Crippen LogP contribution in [0.3, 0.4) is 0 Å². The molecule has 2 aromatic heterocycles. The number of morpholine rings is 1. The molecule has 0 atom stereocenters. The van der Waals surface area contributed by atoms with Crippen molar-refractivity contribution in [2.75, 3.05) is 58.3 Å². The van der Waals surface area contributed by atoms with E-state index in [2.05, 4.69) is 55.9 Å². The maximum absolute atomic E-state index is 12.7. The lowest BCUT2D eigenvalue weighted by Crippen LogP contribution is -2.38. The van der Waals surface area contributed by atoms with Crippen molar-refractivity contribution in [3.05, 3.63) is 46.4 Å². The molecule has 3 aromatic rings. The third-order valence-electron chi connectivity index (χ3n) is 6.52. The predicted molar refractivity (Wildman–Crippen MR) is 141 cm³/mol. The van der Waals surface area contributed by atoms with Crippen LogP contribution in [-0.2, 0) is 17.8 Å². The van der Waals surface area contributed by atoms with Gasteiger partial charge in [0, 0.05) is 32.7 Å². The fourth-order valence-electron chi connectivity index (χ4n) is 4.52. The summed E-state index contributed by atoms with van der Waals surface area (Å²) in [4.78, 5) is 29.1. The summed E-state index contributed by atoms with van der Waals surface area (Å²) < 4.78 is 12.8. The van der Waals surface area contributed by atoms with E-state index in [4.69, 9.17) is 15.2 Å². The maximum Gasteiger partial charge on any atom is 0.327 e. The van der Waals surface area contributed by atoms with Crippen LogP contribution in [-0.4, -0.2) is 81.9 Å². The van der Waals surface area contributed by atoms with Crippen molar-refractivity contribution >= 4 is 17.0 Å². The van der Waals surface area contributed by atoms with Gasteiger partial charge in [0.25, 0.3) is 0 Å². The van der Waals surface area contributed by atoms with Gasteiger partial charge in [0.2, 0.25) is 0 Å². The van der Waals surface area contributed by atoms with Crippen LogP contribution in [0.1, 0.15) is 38.2 Å². The average molecular weight is 498 g/mol. The van der Waals surface area contributed by atoms with Crippen LogP contribution < -0.4 is 16.2 Å². The minimum atomic E-state index is -0.223. The number of aromatic nitrogens is 4. The normalized spacial score (nSPS) is 14.6. The molecule has 3 heterocycles. The number of nitrogens with zero attached hydrogens (tertiary/aromatic N) is 5. The summed E-state index contributed by atoms with van der Waals surface area (Å²) in [6.07, 6.45) is 3.83. The Labute approximate surface area is 212 Å². The van der Waals surface area contributed by atoms with E-state index in [0.717, 1.165) is 78.2 Å². The van der Waals surface area contributed by atoms with Crippen LogP contribution in [0, 0.1) is 0 Å². The highest BCUT2D eigenvalue weighted by molar-refractivity contribution is 5.81. The van der Waals surface area contributed by atoms with E-state index in [1.165, 1.54) is 5.56 Å². The van der Waals surface area contributed by atoms with Crippen molar-refractivity contribution in [2.45, 2.75) is 45.7 Å². The summed E-state index contributed by atoms with van der Waals surface area (Å²) >= 11 is 0. The van der Waals surface area contributed by atoms with E-state index in [1.807, 2.05) is 6.07 Å². The minimum absolute atomic E-state index is 0.218. The molecule has 196 valence electrons. The van der Waals surface area contributed by atoms with Crippen molar-refractivity contribution in [2.24, 2.45) is 0 Å². The van der Waals surface area contributed by atoms with E-state index < -0.39 is 0 Å². The number of rotatable bonds is 14. The van der Waals surface area contributed by atoms with Gasteiger partial charge in [-0.3, -0.25) is 14.4 Å². The van der Waals surface area contributed by atoms with Crippen LogP contribution in [0.5, 0.6) is 6.01 Å². The first-order valence-corrected chi connectivity index (χ1v) is 13.1. The fraction of sp³-hybridized carbons (Fsp3) is 0.577. The summed E-state index contributed by atoms with van der Waals surface area (Å²) in [5.74, 6) is 0.233. The van der Waals surface area contributed by atoms with Crippen LogP contribution in [0.4, 0.5) is 5.82 Å². The van der Waals surface area contributed by atoms with Crippen molar-refractivity contribution in [3.8, 4) is 6.01 Å². The number of nitrogens with one attached hydrogen (secondary N) is 1. The number of ether oxygens (including phenoxy) is 2. The molecule has 0 bridgehead atoms. The molecule has 0 spiro atoms. The van der Waals surface area contributed by atoms with Gasteiger partial charge in [-0.05, 0) is 37.9 Å². The van der Waals surface area contributed by atoms with Crippen molar-refractivity contribution < 1.29 is 9.47 Å². The number of hydrogen-bond acceptors (Lipinski definition) is 8. The van der Waals surface area contributed by atoms with Crippen LogP contribution in [0.25, 0.3) is 11.2 Å². The number of hydrogen-bond donors (Lipinski definition) is 2. The molecule has 0 saturated carbocycles. The Balaban J connectivity index is 1.39. The SMILES string of the molecule is CCCCOc1nc(N)c2[nH]c(=O)n(CCCN(CCCN3CCOCC3)Cc3ccccc3)c2n1. The molecule has 1 fully saturated rings. The zero-order valence-electron chi connectivity index (χ0n) is 21.3. The van der Waals surface area contributed by atoms with Gasteiger partial charge in [-0.2, -0.15) is 9.97 Å². The number of aryl methyl sites for hydroxylation is 1. The second-order valence-electron chi connectivity index (χ2n) is 9.30. The van der Waals surface area contributed by atoms with E-state index >= 15 is 0 Å². The fourth-order valence-corrected chi connectivity index (χ4v) is 4.52. The standard InChI is InChI=1S/C26H39N7O3/c1-2-3-17-36-25-29-23(27)22-24(30-25)33(26(34)28-22)14-8-13-32(20-21-9-5-4-6-10-21)12-7-11-31-15-18-35-19-16-31/h4-6,9-10H,2-3,7-8,11-20H2,1H3,(H,28,34)(H2,27,29,30). The number of H-pyrrole nitrogens is 1. The van der Waals surface area contributed by atoms with E-state index in [-0.39, 0.29) is 17.5 Å². The van der Waals surface area contributed by atoms with Gasteiger partial charge in [0.15, 0.2) is 11.5 Å². The number of imidazole rings is 1. The van der Waals surface area contributed by atoms with E-state index in [0.29, 0.717) is 24.3 Å². The molecule has 10 heteroatoms. The molecule has 1 aliphatic rings. The summed E-state index contributed by atoms with van der Waals surface area (Å²) in [6.45, 7) is 10.7. The summed E-state index contributed by atoms with van der Waals surface area (Å²) in [5, 5.41) is 0. The molecule has 0 amide bonds. The van der Waals surface area contributed by atoms with Crippen LogP contribution in [0.15, 0.2) is 35.1 Å². The van der Waals surface area contributed by atoms with Crippen molar-refractivity contribution in [1.29, 1.82) is 0 Å². The smallest absolute Gasteiger partial charge is 0.327 e. The Bertz CT molecular complexity index is 1130.